The van der Waals surface area contributed by atoms with E-state index in [2.05, 4.69) is 33.1 Å². The second kappa shape index (κ2) is 7.07. The summed E-state index contributed by atoms with van der Waals surface area (Å²) in [5.74, 6) is 0.994. The summed E-state index contributed by atoms with van der Waals surface area (Å²) in [4.78, 5) is 16.9. The third-order valence-electron chi connectivity index (χ3n) is 4.79. The van der Waals surface area contributed by atoms with E-state index < -0.39 is 0 Å². The minimum absolute atomic E-state index is 0.197. The van der Waals surface area contributed by atoms with E-state index in [0.29, 0.717) is 13.0 Å². The Morgan fingerprint density at radius 3 is 3.12 bits per heavy atom. The molecule has 3 heterocycles. The van der Waals surface area contributed by atoms with Crippen LogP contribution in [0.4, 0.5) is 16.3 Å². The molecule has 1 aliphatic rings. The second-order valence-electron chi connectivity index (χ2n) is 6.64. The number of hydrogen-bond donors (Lipinski definition) is 3. The van der Waals surface area contributed by atoms with E-state index in [1.54, 1.807) is 0 Å². The Hall–Kier alpha value is -3.02. The van der Waals surface area contributed by atoms with Gasteiger partial charge in [0.25, 0.3) is 0 Å². The van der Waals surface area contributed by atoms with Crippen LogP contribution >= 0.6 is 0 Å². The number of fused-ring (bicyclic) bond motifs is 2. The van der Waals surface area contributed by atoms with Crippen LogP contribution in [0.2, 0.25) is 0 Å². The number of carbonyl (C=O) groups excluding carboxylic acids is 1. The Bertz CT molecular complexity index is 947. The van der Waals surface area contributed by atoms with Crippen molar-refractivity contribution in [2.24, 2.45) is 7.05 Å². The molecule has 134 valence electrons. The average Bonchev–Trinajstić information content (AvgIpc) is 3.04. The minimum Gasteiger partial charge on any atom is -0.370 e. The van der Waals surface area contributed by atoms with Gasteiger partial charge in [0.15, 0.2) is 0 Å². The van der Waals surface area contributed by atoms with E-state index in [4.69, 9.17) is 0 Å². The number of rotatable bonds is 4. The molecule has 6 heteroatoms. The number of carbonyl (C=O) groups is 1. The van der Waals surface area contributed by atoms with Crippen LogP contribution in [0.5, 0.6) is 0 Å². The fraction of sp³-hybridized carbons (Fsp3) is 0.300. The molecule has 0 atom stereocenters. The highest BCUT2D eigenvalue weighted by molar-refractivity contribution is 6.00. The molecule has 0 spiro atoms. The molecule has 0 saturated carbocycles. The number of pyridine rings is 1. The van der Waals surface area contributed by atoms with Gasteiger partial charge in [-0.25, -0.2) is 9.78 Å². The van der Waals surface area contributed by atoms with Gasteiger partial charge in [-0.15, -0.1) is 0 Å². The first-order chi connectivity index (χ1) is 12.7. The summed E-state index contributed by atoms with van der Waals surface area (Å²) >= 11 is 0. The van der Waals surface area contributed by atoms with Gasteiger partial charge in [-0.1, -0.05) is 12.1 Å². The lowest BCUT2D eigenvalue weighted by Crippen LogP contribution is -2.30. The maximum atomic E-state index is 12.2. The van der Waals surface area contributed by atoms with Crippen LogP contribution in [-0.2, 0) is 19.9 Å². The van der Waals surface area contributed by atoms with E-state index >= 15 is 0 Å². The van der Waals surface area contributed by atoms with Crippen LogP contribution in [0.15, 0.2) is 42.6 Å². The van der Waals surface area contributed by atoms with Crippen molar-refractivity contribution in [2.45, 2.75) is 19.3 Å². The summed E-state index contributed by atoms with van der Waals surface area (Å²) in [5.41, 5.74) is 4.18. The molecule has 1 aliphatic heterocycles. The zero-order valence-electron chi connectivity index (χ0n) is 14.9. The molecule has 26 heavy (non-hydrogen) atoms. The first-order valence-corrected chi connectivity index (χ1v) is 9.02. The van der Waals surface area contributed by atoms with Crippen LogP contribution < -0.4 is 16.0 Å². The van der Waals surface area contributed by atoms with E-state index in [-0.39, 0.29) is 6.03 Å². The molecule has 0 bridgehead atoms. The molecule has 1 aromatic carbocycles. The van der Waals surface area contributed by atoms with Crippen molar-refractivity contribution in [3.63, 3.8) is 0 Å². The van der Waals surface area contributed by atoms with Gasteiger partial charge in [-0.05, 0) is 42.7 Å². The normalized spacial score (nSPS) is 13.1. The van der Waals surface area contributed by atoms with E-state index in [1.807, 2.05) is 42.1 Å². The molecule has 0 fully saturated rings. The summed E-state index contributed by atoms with van der Waals surface area (Å²) in [6, 6.07) is 11.9. The zero-order chi connectivity index (χ0) is 17.9. The molecule has 3 aromatic rings. The van der Waals surface area contributed by atoms with Gasteiger partial charge in [0.2, 0.25) is 0 Å². The van der Waals surface area contributed by atoms with Gasteiger partial charge >= 0.3 is 6.03 Å². The number of amides is 2. The molecular weight excluding hydrogens is 326 g/mol. The summed E-state index contributed by atoms with van der Waals surface area (Å²) in [6.07, 6.45) is 4.94. The van der Waals surface area contributed by atoms with Gasteiger partial charge in [-0.2, -0.15) is 0 Å². The largest absolute Gasteiger partial charge is 0.370 e. The first-order valence-electron chi connectivity index (χ1n) is 9.02. The number of nitrogens with zero attached hydrogens (tertiary/aromatic N) is 2. The topological polar surface area (TPSA) is 71.0 Å². The molecule has 3 N–H and O–H groups in total. The molecule has 0 saturated heterocycles. The van der Waals surface area contributed by atoms with Crippen LogP contribution in [-0.4, -0.2) is 28.7 Å². The monoisotopic (exact) mass is 349 g/mol. The summed E-state index contributed by atoms with van der Waals surface area (Å²) in [7, 11) is 1.99. The highest BCUT2D eigenvalue weighted by atomic mass is 16.2. The summed E-state index contributed by atoms with van der Waals surface area (Å²) in [5, 5.41) is 10.2. The highest BCUT2D eigenvalue weighted by Gasteiger charge is 2.11. The quantitative estimate of drug-likeness (QED) is 0.677. The molecule has 2 amide bonds. The number of anilines is 2. The third-order valence-corrected chi connectivity index (χ3v) is 4.79. The molecule has 0 unspecified atom stereocenters. The SMILES string of the molecule is Cn1ccc2c(NC(=O)NCCc3ccc4c(n3)NCCC4)cccc21. The minimum atomic E-state index is -0.197. The van der Waals surface area contributed by atoms with Gasteiger partial charge < -0.3 is 20.5 Å². The highest BCUT2D eigenvalue weighted by Crippen LogP contribution is 2.23. The van der Waals surface area contributed by atoms with Crippen molar-refractivity contribution >= 4 is 28.4 Å². The van der Waals surface area contributed by atoms with E-state index in [9.17, 15) is 4.79 Å². The van der Waals surface area contributed by atoms with Crippen molar-refractivity contribution in [1.82, 2.24) is 14.9 Å². The number of aryl methyl sites for hydroxylation is 2. The van der Waals surface area contributed by atoms with Gasteiger partial charge in [-0.3, -0.25) is 0 Å². The van der Waals surface area contributed by atoms with Crippen molar-refractivity contribution in [3.8, 4) is 0 Å². The molecule has 6 nitrogen and oxygen atoms in total. The van der Waals surface area contributed by atoms with Gasteiger partial charge in [0.05, 0.1) is 5.69 Å². The number of hydrogen-bond acceptors (Lipinski definition) is 3. The van der Waals surface area contributed by atoms with E-state index in [0.717, 1.165) is 47.5 Å². The lowest BCUT2D eigenvalue weighted by molar-refractivity contribution is 0.252. The predicted molar refractivity (Wildman–Crippen MR) is 105 cm³/mol. The standard InChI is InChI=1S/C20H23N5O/c1-25-13-10-16-17(5-2-6-18(16)25)24-20(26)22-12-9-15-8-7-14-4-3-11-21-19(14)23-15/h2,5-8,10,13H,3-4,9,11-12H2,1H3,(H,21,23)(H2,22,24,26). The van der Waals surface area contributed by atoms with Crippen molar-refractivity contribution < 1.29 is 4.79 Å². The average molecular weight is 349 g/mol. The van der Waals surface area contributed by atoms with Crippen LogP contribution in [0, 0.1) is 0 Å². The van der Waals surface area contributed by atoms with Crippen LogP contribution in [0.25, 0.3) is 10.9 Å². The zero-order valence-corrected chi connectivity index (χ0v) is 14.9. The lowest BCUT2D eigenvalue weighted by Gasteiger charge is -2.17. The molecule has 2 aromatic heterocycles. The fourth-order valence-corrected chi connectivity index (χ4v) is 3.39. The Balaban J connectivity index is 1.34. The molecule has 0 radical (unpaired) electrons. The molecule has 4 rings (SSSR count). The van der Waals surface area contributed by atoms with Gasteiger partial charge in [0, 0.05) is 49.4 Å². The maximum Gasteiger partial charge on any atom is 0.319 e. The van der Waals surface area contributed by atoms with Crippen LogP contribution in [0.3, 0.4) is 0 Å². The Morgan fingerprint density at radius 1 is 1.27 bits per heavy atom. The lowest BCUT2D eigenvalue weighted by atomic mass is 10.1. The molecule has 0 aliphatic carbocycles. The fourth-order valence-electron chi connectivity index (χ4n) is 3.39. The van der Waals surface area contributed by atoms with Crippen molar-refractivity contribution in [3.05, 3.63) is 53.9 Å². The second-order valence-corrected chi connectivity index (χ2v) is 6.64. The number of benzene rings is 1. The Kier molecular flexibility index (Phi) is 4.48. The van der Waals surface area contributed by atoms with E-state index in [1.165, 1.54) is 5.56 Å². The summed E-state index contributed by atoms with van der Waals surface area (Å²) in [6.45, 7) is 1.53. The first kappa shape index (κ1) is 16.4. The number of urea groups is 1. The van der Waals surface area contributed by atoms with Crippen molar-refractivity contribution in [1.29, 1.82) is 0 Å². The molecular formula is C20H23N5O. The summed E-state index contributed by atoms with van der Waals surface area (Å²) < 4.78 is 2.04. The Morgan fingerprint density at radius 2 is 2.19 bits per heavy atom. The predicted octanol–water partition coefficient (Wildman–Crippen LogP) is 3.30. The maximum absolute atomic E-state index is 12.2. The number of nitrogens with one attached hydrogen (secondary N) is 3. The Labute approximate surface area is 152 Å². The van der Waals surface area contributed by atoms with Crippen LogP contribution in [0.1, 0.15) is 17.7 Å². The smallest absolute Gasteiger partial charge is 0.319 e. The van der Waals surface area contributed by atoms with Crippen molar-refractivity contribution in [2.75, 3.05) is 23.7 Å². The van der Waals surface area contributed by atoms with Gasteiger partial charge in [0.1, 0.15) is 5.82 Å². The third kappa shape index (κ3) is 3.35. The number of aromatic nitrogens is 2.